The van der Waals surface area contributed by atoms with Gasteiger partial charge in [-0.1, -0.05) is 11.6 Å². The van der Waals surface area contributed by atoms with Gasteiger partial charge in [-0.05, 0) is 30.7 Å². The summed E-state index contributed by atoms with van der Waals surface area (Å²) in [4.78, 5) is 4.04. The molecule has 0 fully saturated rings. The predicted octanol–water partition coefficient (Wildman–Crippen LogP) is 2.89. The Morgan fingerprint density at radius 2 is 2.31 bits per heavy atom. The van der Waals surface area contributed by atoms with Crippen LogP contribution in [-0.2, 0) is 6.54 Å². The molecule has 0 amide bonds. The van der Waals surface area contributed by atoms with E-state index >= 15 is 0 Å². The van der Waals surface area contributed by atoms with Crippen LogP contribution in [-0.4, -0.2) is 4.98 Å². The molecule has 0 bridgehead atoms. The Morgan fingerprint density at radius 3 is 2.94 bits per heavy atom. The van der Waals surface area contributed by atoms with Crippen molar-refractivity contribution in [1.82, 2.24) is 4.98 Å². The topological polar surface area (TPSA) is 61.3 Å². The highest BCUT2D eigenvalue weighted by molar-refractivity contribution is 6.30. The van der Waals surface area contributed by atoms with Gasteiger partial charge >= 0.3 is 6.08 Å². The van der Waals surface area contributed by atoms with Crippen molar-refractivity contribution in [3.63, 3.8) is 0 Å². The van der Waals surface area contributed by atoms with Crippen LogP contribution >= 0.6 is 11.6 Å². The number of nitrogens with zero attached hydrogens (tertiary/aromatic N) is 1. The minimum absolute atomic E-state index is 0.186. The first kappa shape index (κ1) is 11.0. The fourth-order valence-corrected chi connectivity index (χ4v) is 1.48. The lowest BCUT2D eigenvalue weighted by Gasteiger charge is -2.04. The normalized spacial score (nSPS) is 10.4. The molecular weight excluding hydrogens is 228 g/mol. The second-order valence-corrected chi connectivity index (χ2v) is 3.76. The van der Waals surface area contributed by atoms with Crippen LogP contribution in [0.5, 0.6) is 11.8 Å². The van der Waals surface area contributed by atoms with Gasteiger partial charge in [-0.25, -0.2) is 0 Å². The first-order valence-corrected chi connectivity index (χ1v) is 5.15. The molecule has 0 saturated heterocycles. The highest BCUT2D eigenvalue weighted by Gasteiger charge is 2.07. The SMILES string of the molecule is Cc1cc(Cl)ccc1Oc1nc(CN)co1. The van der Waals surface area contributed by atoms with Gasteiger partial charge in [0.1, 0.15) is 12.0 Å². The van der Waals surface area contributed by atoms with E-state index in [2.05, 4.69) is 4.98 Å². The Bertz CT molecular complexity index is 496. The van der Waals surface area contributed by atoms with Gasteiger partial charge in [0.05, 0.1) is 5.69 Å². The fourth-order valence-electron chi connectivity index (χ4n) is 1.25. The van der Waals surface area contributed by atoms with Crippen molar-refractivity contribution < 1.29 is 9.15 Å². The van der Waals surface area contributed by atoms with Crippen LogP contribution in [0.1, 0.15) is 11.3 Å². The Hall–Kier alpha value is -1.52. The maximum atomic E-state index is 5.84. The highest BCUT2D eigenvalue weighted by atomic mass is 35.5. The smallest absolute Gasteiger partial charge is 0.399 e. The number of aryl methyl sites for hydroxylation is 1. The third-order valence-corrected chi connectivity index (χ3v) is 2.31. The zero-order valence-corrected chi connectivity index (χ0v) is 9.49. The van der Waals surface area contributed by atoms with Gasteiger partial charge in [-0.2, -0.15) is 4.98 Å². The molecule has 0 aliphatic carbocycles. The molecule has 2 aromatic rings. The van der Waals surface area contributed by atoms with Crippen molar-refractivity contribution in [2.24, 2.45) is 5.73 Å². The third-order valence-electron chi connectivity index (χ3n) is 2.07. The van der Waals surface area contributed by atoms with Gasteiger partial charge in [0.15, 0.2) is 0 Å². The van der Waals surface area contributed by atoms with Gasteiger partial charge in [0, 0.05) is 11.6 Å². The second kappa shape index (κ2) is 4.55. The quantitative estimate of drug-likeness (QED) is 0.893. The zero-order valence-electron chi connectivity index (χ0n) is 8.74. The molecule has 0 spiro atoms. The number of halogens is 1. The Labute approximate surface area is 98.0 Å². The van der Waals surface area contributed by atoms with Gasteiger partial charge in [-0.15, -0.1) is 0 Å². The molecule has 4 nitrogen and oxygen atoms in total. The molecule has 0 saturated carbocycles. The summed E-state index contributed by atoms with van der Waals surface area (Å²) in [6.45, 7) is 2.22. The Morgan fingerprint density at radius 1 is 1.50 bits per heavy atom. The van der Waals surface area contributed by atoms with Crippen molar-refractivity contribution in [1.29, 1.82) is 0 Å². The molecule has 0 aliphatic rings. The number of aromatic nitrogens is 1. The maximum absolute atomic E-state index is 5.84. The van der Waals surface area contributed by atoms with Crippen LogP contribution < -0.4 is 10.5 Å². The number of nitrogens with two attached hydrogens (primary N) is 1. The van der Waals surface area contributed by atoms with E-state index in [1.165, 1.54) is 6.26 Å². The summed E-state index contributed by atoms with van der Waals surface area (Å²) in [5, 5.41) is 0.667. The largest absolute Gasteiger partial charge is 0.417 e. The highest BCUT2D eigenvalue weighted by Crippen LogP contribution is 2.26. The summed E-state index contributed by atoms with van der Waals surface area (Å²) in [5.41, 5.74) is 6.98. The first-order valence-electron chi connectivity index (χ1n) is 4.77. The van der Waals surface area contributed by atoms with E-state index in [0.29, 0.717) is 23.0 Å². The van der Waals surface area contributed by atoms with Crippen LogP contribution in [0.2, 0.25) is 5.02 Å². The molecule has 0 atom stereocenters. The van der Waals surface area contributed by atoms with E-state index in [9.17, 15) is 0 Å². The van der Waals surface area contributed by atoms with Crippen molar-refractivity contribution in [2.75, 3.05) is 0 Å². The van der Waals surface area contributed by atoms with Gasteiger partial charge in [0.2, 0.25) is 0 Å². The standard InChI is InChI=1S/C11H11ClN2O2/c1-7-4-8(12)2-3-10(7)16-11-14-9(5-13)6-15-11/h2-4,6H,5,13H2,1H3. The Balaban J connectivity index is 2.20. The van der Waals surface area contributed by atoms with Gasteiger partial charge in [-0.3, -0.25) is 0 Å². The number of oxazole rings is 1. The Kier molecular flexibility index (Phi) is 3.12. The third kappa shape index (κ3) is 2.35. The van der Waals surface area contributed by atoms with E-state index < -0.39 is 0 Å². The molecule has 84 valence electrons. The minimum Gasteiger partial charge on any atom is -0.417 e. The van der Waals surface area contributed by atoms with E-state index in [1.807, 2.05) is 13.0 Å². The number of hydrogen-bond donors (Lipinski definition) is 1. The van der Waals surface area contributed by atoms with Crippen LogP contribution in [0, 0.1) is 6.92 Å². The van der Waals surface area contributed by atoms with Gasteiger partial charge < -0.3 is 14.9 Å². The molecule has 0 radical (unpaired) electrons. The molecule has 1 aromatic heterocycles. The average molecular weight is 239 g/mol. The average Bonchev–Trinajstić information content (AvgIpc) is 2.70. The van der Waals surface area contributed by atoms with E-state index in [0.717, 1.165) is 5.56 Å². The van der Waals surface area contributed by atoms with Crippen molar-refractivity contribution in [3.05, 3.63) is 40.7 Å². The predicted molar refractivity (Wildman–Crippen MR) is 60.7 cm³/mol. The number of hydrogen-bond acceptors (Lipinski definition) is 4. The molecule has 1 aromatic carbocycles. The van der Waals surface area contributed by atoms with Crippen LogP contribution in [0.3, 0.4) is 0 Å². The second-order valence-electron chi connectivity index (χ2n) is 3.32. The summed E-state index contributed by atoms with van der Waals surface area (Å²) >= 11 is 5.84. The molecule has 2 rings (SSSR count). The lowest BCUT2D eigenvalue weighted by Crippen LogP contribution is -1.96. The van der Waals surface area contributed by atoms with E-state index in [-0.39, 0.29) is 6.08 Å². The van der Waals surface area contributed by atoms with E-state index in [1.54, 1.807) is 12.1 Å². The summed E-state index contributed by atoms with van der Waals surface area (Å²) in [5.74, 6) is 0.662. The van der Waals surface area contributed by atoms with E-state index in [4.69, 9.17) is 26.5 Å². The number of rotatable bonds is 3. The maximum Gasteiger partial charge on any atom is 0.399 e. The van der Waals surface area contributed by atoms with Crippen molar-refractivity contribution in [2.45, 2.75) is 13.5 Å². The van der Waals surface area contributed by atoms with Crippen LogP contribution in [0.4, 0.5) is 0 Å². The number of benzene rings is 1. The monoisotopic (exact) mass is 238 g/mol. The molecule has 1 heterocycles. The summed E-state index contributed by atoms with van der Waals surface area (Å²) in [6.07, 6.45) is 1.66. The summed E-state index contributed by atoms with van der Waals surface area (Å²) < 4.78 is 10.6. The molecule has 0 unspecified atom stereocenters. The molecule has 2 N–H and O–H groups in total. The summed E-state index contributed by atoms with van der Waals surface area (Å²) in [6, 6.07) is 5.32. The zero-order chi connectivity index (χ0) is 11.5. The van der Waals surface area contributed by atoms with Gasteiger partial charge in [0.25, 0.3) is 0 Å². The molecular formula is C11H11ClN2O2. The van der Waals surface area contributed by atoms with Crippen molar-refractivity contribution >= 4 is 11.6 Å². The lowest BCUT2D eigenvalue weighted by atomic mass is 10.2. The van der Waals surface area contributed by atoms with Crippen molar-refractivity contribution in [3.8, 4) is 11.8 Å². The minimum atomic E-state index is 0.186. The molecule has 16 heavy (non-hydrogen) atoms. The summed E-state index contributed by atoms with van der Waals surface area (Å²) in [7, 11) is 0. The fraction of sp³-hybridized carbons (Fsp3) is 0.182. The number of ether oxygens (including phenoxy) is 1. The lowest BCUT2D eigenvalue weighted by molar-refractivity contribution is 0.329. The first-order chi connectivity index (χ1) is 7.69. The van der Waals surface area contributed by atoms with Crippen LogP contribution in [0.15, 0.2) is 28.9 Å². The van der Waals surface area contributed by atoms with Crippen LogP contribution in [0.25, 0.3) is 0 Å². The molecule has 0 aliphatic heterocycles. The molecule has 5 heteroatoms.